The molecule has 3 N–H and O–H groups in total. The van der Waals surface area contributed by atoms with E-state index in [2.05, 4.69) is 19.2 Å². The molecule has 0 heterocycles. The highest BCUT2D eigenvalue weighted by atomic mass is 16.1. The zero-order chi connectivity index (χ0) is 14.1. The van der Waals surface area contributed by atoms with Crippen LogP contribution in [0.1, 0.15) is 71.6 Å². The summed E-state index contributed by atoms with van der Waals surface area (Å²) in [6.07, 6.45) is 10.6. The maximum atomic E-state index is 12.1. The molecule has 0 aromatic carbocycles. The molecule has 0 aromatic rings. The molecule has 3 nitrogen and oxygen atoms in total. The van der Waals surface area contributed by atoms with Crippen molar-refractivity contribution in [3.8, 4) is 0 Å². The van der Waals surface area contributed by atoms with Gasteiger partial charge in [0.15, 0.2) is 0 Å². The number of carbonyl (C=O) groups is 1. The first-order valence-electron chi connectivity index (χ1n) is 8.18. The lowest BCUT2D eigenvalue weighted by atomic mass is 9.77. The summed E-state index contributed by atoms with van der Waals surface area (Å²) in [5.74, 6) is 0.865. The summed E-state index contributed by atoms with van der Waals surface area (Å²) in [4.78, 5) is 12.1. The number of unbranched alkanes of at least 4 members (excludes halogenated alkanes) is 5. The molecule has 1 aliphatic carbocycles. The van der Waals surface area contributed by atoms with Gasteiger partial charge in [-0.3, -0.25) is 4.79 Å². The molecule has 0 radical (unpaired) electrons. The predicted octanol–water partition coefficient (Wildman–Crippen LogP) is 3.23. The van der Waals surface area contributed by atoms with Gasteiger partial charge in [0.2, 0.25) is 5.91 Å². The van der Waals surface area contributed by atoms with Crippen LogP contribution in [0.25, 0.3) is 0 Å². The van der Waals surface area contributed by atoms with Crippen molar-refractivity contribution in [3.63, 3.8) is 0 Å². The van der Waals surface area contributed by atoms with Gasteiger partial charge >= 0.3 is 0 Å². The molecule has 1 amide bonds. The molecule has 3 heteroatoms. The van der Waals surface area contributed by atoms with Crippen LogP contribution < -0.4 is 11.1 Å². The van der Waals surface area contributed by atoms with Crippen molar-refractivity contribution in [2.75, 3.05) is 6.54 Å². The Morgan fingerprint density at radius 3 is 2.58 bits per heavy atom. The average Bonchev–Trinajstić information content (AvgIpc) is 2.40. The van der Waals surface area contributed by atoms with E-state index in [4.69, 9.17) is 5.73 Å². The number of nitrogens with two attached hydrogens (primary N) is 1. The maximum absolute atomic E-state index is 12.1. The van der Waals surface area contributed by atoms with Crippen molar-refractivity contribution in [3.05, 3.63) is 0 Å². The van der Waals surface area contributed by atoms with Crippen LogP contribution in [-0.2, 0) is 4.79 Å². The van der Waals surface area contributed by atoms with E-state index in [1.165, 1.54) is 32.1 Å². The van der Waals surface area contributed by atoms with E-state index in [0.29, 0.717) is 5.92 Å². The molecule has 1 fully saturated rings. The predicted molar refractivity (Wildman–Crippen MR) is 80.9 cm³/mol. The molecule has 0 aromatic heterocycles. The van der Waals surface area contributed by atoms with Crippen LogP contribution in [0.2, 0.25) is 0 Å². The summed E-state index contributed by atoms with van der Waals surface area (Å²) < 4.78 is 0. The van der Waals surface area contributed by atoms with Crippen LogP contribution in [-0.4, -0.2) is 18.5 Å². The molecule has 1 saturated carbocycles. The van der Waals surface area contributed by atoms with E-state index in [1.807, 2.05) is 0 Å². The summed E-state index contributed by atoms with van der Waals surface area (Å²) >= 11 is 0. The van der Waals surface area contributed by atoms with Gasteiger partial charge in [-0.2, -0.15) is 0 Å². The smallest absolute Gasteiger partial charge is 0.223 e. The summed E-state index contributed by atoms with van der Waals surface area (Å²) in [5, 5.41) is 3.10. The van der Waals surface area contributed by atoms with Crippen molar-refractivity contribution in [1.29, 1.82) is 0 Å². The lowest BCUT2D eigenvalue weighted by Crippen LogP contribution is -2.41. The molecular formula is C16H32N2O. The number of nitrogens with one attached hydrogen (secondary N) is 1. The van der Waals surface area contributed by atoms with Crippen LogP contribution in [0.4, 0.5) is 0 Å². The number of amides is 1. The fraction of sp³-hybridized carbons (Fsp3) is 0.938. The molecule has 0 spiro atoms. The van der Waals surface area contributed by atoms with Gasteiger partial charge in [-0.05, 0) is 31.6 Å². The number of carbonyl (C=O) groups excluding carboxylic acids is 1. The van der Waals surface area contributed by atoms with Gasteiger partial charge in [0.1, 0.15) is 0 Å². The summed E-state index contributed by atoms with van der Waals surface area (Å²) in [6, 6.07) is 0.223. The standard InChI is InChI=1S/C16H32N2O/c1-3-4-5-6-7-8-11-18-16(19)15-12-14(17)10-9-13(15)2/h13-15H,3-12,17H2,1-2H3,(H,18,19). The molecule has 19 heavy (non-hydrogen) atoms. The molecule has 0 saturated heterocycles. The highest BCUT2D eigenvalue weighted by Crippen LogP contribution is 2.29. The van der Waals surface area contributed by atoms with Crippen LogP contribution in [0, 0.1) is 11.8 Å². The van der Waals surface area contributed by atoms with Gasteiger partial charge in [0, 0.05) is 18.5 Å². The minimum Gasteiger partial charge on any atom is -0.356 e. The van der Waals surface area contributed by atoms with E-state index in [9.17, 15) is 4.79 Å². The highest BCUT2D eigenvalue weighted by molar-refractivity contribution is 5.79. The van der Waals surface area contributed by atoms with Gasteiger partial charge in [0.05, 0.1) is 0 Å². The zero-order valence-corrected chi connectivity index (χ0v) is 12.8. The molecule has 112 valence electrons. The molecule has 0 bridgehead atoms. The Bertz CT molecular complexity index is 255. The van der Waals surface area contributed by atoms with E-state index >= 15 is 0 Å². The van der Waals surface area contributed by atoms with Crippen molar-refractivity contribution < 1.29 is 4.79 Å². The van der Waals surface area contributed by atoms with Gasteiger partial charge in [0.25, 0.3) is 0 Å². The van der Waals surface area contributed by atoms with E-state index in [0.717, 1.165) is 32.2 Å². The second kappa shape index (κ2) is 9.35. The first-order chi connectivity index (χ1) is 9.15. The Morgan fingerprint density at radius 2 is 1.84 bits per heavy atom. The summed E-state index contributed by atoms with van der Waals surface area (Å²) in [7, 11) is 0. The fourth-order valence-electron chi connectivity index (χ4n) is 2.97. The van der Waals surface area contributed by atoms with Gasteiger partial charge in [-0.1, -0.05) is 46.0 Å². The number of rotatable bonds is 8. The topological polar surface area (TPSA) is 55.1 Å². The Balaban J connectivity index is 2.09. The third-order valence-electron chi connectivity index (χ3n) is 4.40. The van der Waals surface area contributed by atoms with Crippen molar-refractivity contribution in [1.82, 2.24) is 5.32 Å². The monoisotopic (exact) mass is 268 g/mol. The second-order valence-corrected chi connectivity index (χ2v) is 6.22. The first-order valence-corrected chi connectivity index (χ1v) is 8.18. The fourth-order valence-corrected chi connectivity index (χ4v) is 2.97. The Hall–Kier alpha value is -0.570. The van der Waals surface area contributed by atoms with Crippen molar-refractivity contribution >= 4 is 5.91 Å². The third kappa shape index (κ3) is 6.42. The normalized spacial score (nSPS) is 27.2. The van der Waals surface area contributed by atoms with Crippen LogP contribution in [0.5, 0.6) is 0 Å². The van der Waals surface area contributed by atoms with Crippen molar-refractivity contribution in [2.24, 2.45) is 17.6 Å². The minimum absolute atomic E-state index is 0.142. The quantitative estimate of drug-likeness (QED) is 0.664. The third-order valence-corrected chi connectivity index (χ3v) is 4.40. The lowest BCUT2D eigenvalue weighted by molar-refractivity contribution is -0.127. The van der Waals surface area contributed by atoms with Crippen LogP contribution >= 0.6 is 0 Å². The van der Waals surface area contributed by atoms with Crippen LogP contribution in [0.3, 0.4) is 0 Å². The van der Waals surface area contributed by atoms with E-state index in [-0.39, 0.29) is 17.9 Å². The Morgan fingerprint density at radius 1 is 1.16 bits per heavy atom. The van der Waals surface area contributed by atoms with Gasteiger partial charge in [-0.25, -0.2) is 0 Å². The maximum Gasteiger partial charge on any atom is 0.223 e. The summed E-state index contributed by atoms with van der Waals surface area (Å²) in [5.41, 5.74) is 5.97. The molecule has 3 unspecified atom stereocenters. The van der Waals surface area contributed by atoms with Gasteiger partial charge in [-0.15, -0.1) is 0 Å². The Kier molecular flexibility index (Phi) is 8.11. The van der Waals surface area contributed by atoms with E-state index < -0.39 is 0 Å². The molecule has 1 rings (SSSR count). The first kappa shape index (κ1) is 16.5. The molecule has 0 aliphatic heterocycles. The van der Waals surface area contributed by atoms with E-state index in [1.54, 1.807) is 0 Å². The second-order valence-electron chi connectivity index (χ2n) is 6.22. The average molecular weight is 268 g/mol. The van der Waals surface area contributed by atoms with Gasteiger partial charge < -0.3 is 11.1 Å². The zero-order valence-electron chi connectivity index (χ0n) is 12.8. The number of hydrogen-bond donors (Lipinski definition) is 2. The van der Waals surface area contributed by atoms with Crippen LogP contribution in [0.15, 0.2) is 0 Å². The molecule has 1 aliphatic rings. The highest BCUT2D eigenvalue weighted by Gasteiger charge is 2.30. The minimum atomic E-state index is 0.142. The van der Waals surface area contributed by atoms with Crippen molar-refractivity contribution in [2.45, 2.75) is 77.7 Å². The SMILES string of the molecule is CCCCCCCCNC(=O)C1CC(N)CCC1C. The Labute approximate surface area is 118 Å². The molecular weight excluding hydrogens is 236 g/mol. The number of hydrogen-bond acceptors (Lipinski definition) is 2. The lowest BCUT2D eigenvalue weighted by Gasteiger charge is -2.31. The summed E-state index contributed by atoms with van der Waals surface area (Å²) in [6.45, 7) is 5.25. The largest absolute Gasteiger partial charge is 0.356 e. The molecule has 3 atom stereocenters.